The molecule has 12 heteroatoms. The molecule has 0 bridgehead atoms. The van der Waals surface area contributed by atoms with E-state index in [0.29, 0.717) is 45.2 Å². The SMILES string of the molecule is [B]C(=O)OCc1ccc(NC[C@H](CCCNC(N)=O)NC(=O)C(NC(=O)CCCCC=O)C(C)C)cc1. The minimum Gasteiger partial charge on any atom is -0.470 e. The molecule has 0 aliphatic rings. The first-order chi connectivity index (χ1) is 17.6. The number of carbonyl (C=O) groups is 5. The number of hydrogen-bond donors (Lipinski definition) is 5. The first-order valence-corrected chi connectivity index (χ1v) is 12.4. The fraction of sp³-hybridized carbons (Fsp3) is 0.560. The second-order valence-electron chi connectivity index (χ2n) is 9.03. The average Bonchev–Trinajstić information content (AvgIpc) is 2.85. The Bertz CT molecular complexity index is 881. The summed E-state index contributed by atoms with van der Waals surface area (Å²) >= 11 is 0. The van der Waals surface area contributed by atoms with Crippen molar-refractivity contribution in [3.63, 3.8) is 0 Å². The molecule has 4 amide bonds. The monoisotopic (exact) mass is 515 g/mol. The van der Waals surface area contributed by atoms with Crippen LogP contribution in [0.3, 0.4) is 0 Å². The number of primary amides is 1. The van der Waals surface area contributed by atoms with E-state index in [9.17, 15) is 24.0 Å². The van der Waals surface area contributed by atoms with Crippen LogP contribution >= 0.6 is 0 Å². The number of hydrogen-bond acceptors (Lipinski definition) is 7. The summed E-state index contributed by atoms with van der Waals surface area (Å²) in [6.45, 7) is 4.53. The highest BCUT2D eigenvalue weighted by Crippen LogP contribution is 2.12. The molecular weight excluding hydrogens is 477 g/mol. The van der Waals surface area contributed by atoms with Gasteiger partial charge >= 0.3 is 6.03 Å². The highest BCUT2D eigenvalue weighted by atomic mass is 16.5. The quantitative estimate of drug-likeness (QED) is 0.113. The first kappa shape index (κ1) is 31.5. The zero-order chi connectivity index (χ0) is 27.6. The molecule has 0 saturated carbocycles. The van der Waals surface area contributed by atoms with E-state index >= 15 is 0 Å². The molecule has 0 heterocycles. The molecule has 1 rings (SSSR count). The number of carbonyl (C=O) groups excluding carboxylic acids is 5. The summed E-state index contributed by atoms with van der Waals surface area (Å²) < 4.78 is 4.77. The third-order valence-electron chi connectivity index (χ3n) is 5.50. The van der Waals surface area contributed by atoms with Gasteiger partial charge in [0.05, 0.1) is 0 Å². The smallest absolute Gasteiger partial charge is 0.312 e. The van der Waals surface area contributed by atoms with Crippen LogP contribution in [0.1, 0.15) is 57.9 Å². The Morgan fingerprint density at radius 3 is 2.35 bits per heavy atom. The molecule has 1 unspecified atom stereocenters. The Morgan fingerprint density at radius 2 is 1.76 bits per heavy atom. The van der Waals surface area contributed by atoms with Crippen LogP contribution in [0.25, 0.3) is 0 Å². The third kappa shape index (κ3) is 14.6. The Hall–Kier alpha value is -3.57. The number of urea groups is 1. The van der Waals surface area contributed by atoms with Crippen LogP contribution in [-0.4, -0.2) is 63.0 Å². The summed E-state index contributed by atoms with van der Waals surface area (Å²) in [7, 11) is 4.98. The molecular formula is C25H38BN5O6. The number of nitrogens with one attached hydrogen (secondary N) is 4. The van der Waals surface area contributed by atoms with Gasteiger partial charge in [0.2, 0.25) is 25.5 Å². The summed E-state index contributed by atoms with van der Waals surface area (Å²) in [5.74, 6) is -1.52. The minimum absolute atomic E-state index is 0.0700. The predicted octanol–water partition coefficient (Wildman–Crippen LogP) is 1.74. The zero-order valence-electron chi connectivity index (χ0n) is 21.6. The summed E-state index contributed by atoms with van der Waals surface area (Å²) in [5, 5.41) is 11.6. The van der Waals surface area contributed by atoms with Crippen LogP contribution in [0, 0.1) is 5.92 Å². The Kier molecular flexibility index (Phi) is 15.1. The topological polar surface area (TPSA) is 169 Å². The number of benzene rings is 1. The van der Waals surface area contributed by atoms with Crippen molar-refractivity contribution in [2.75, 3.05) is 18.4 Å². The van der Waals surface area contributed by atoms with E-state index in [2.05, 4.69) is 21.3 Å². The van der Waals surface area contributed by atoms with Gasteiger partial charge < -0.3 is 36.5 Å². The maximum Gasteiger partial charge on any atom is 0.312 e. The molecule has 2 atom stereocenters. The number of nitrogens with two attached hydrogens (primary N) is 1. The van der Waals surface area contributed by atoms with E-state index in [1.807, 2.05) is 26.0 Å². The summed E-state index contributed by atoms with van der Waals surface area (Å²) in [4.78, 5) is 57.6. The van der Waals surface area contributed by atoms with Crippen molar-refractivity contribution in [2.45, 2.75) is 71.1 Å². The number of unbranched alkanes of at least 4 members (excludes halogenated alkanes) is 2. The van der Waals surface area contributed by atoms with Crippen molar-refractivity contribution in [3.8, 4) is 0 Å². The van der Waals surface area contributed by atoms with Gasteiger partial charge in [-0.3, -0.25) is 14.4 Å². The van der Waals surface area contributed by atoms with Crippen molar-refractivity contribution < 1.29 is 28.7 Å². The standard InChI is InChI=1S/C25H38BN5O6/c1-17(2)22(31-21(33)8-4-3-5-14-32)23(34)30-20(7-6-13-28-25(27)36)15-29-19-11-9-18(10-12-19)16-37-24(26)35/h9-12,14,17,20,22,29H,3-8,13,15-16H2,1-2H3,(H,30,34)(H,31,33)(H3,27,28,36)/t20-,22?/m0/s1. The van der Waals surface area contributed by atoms with Crippen LogP contribution < -0.4 is 27.0 Å². The summed E-state index contributed by atoms with van der Waals surface area (Å²) in [5.41, 5.74) is 6.69. The summed E-state index contributed by atoms with van der Waals surface area (Å²) in [6, 6.07) is 5.57. The second-order valence-corrected chi connectivity index (χ2v) is 9.03. The van der Waals surface area contributed by atoms with Crippen LogP contribution in [0.5, 0.6) is 0 Å². The molecule has 0 aliphatic heterocycles. The number of aldehydes is 1. The average molecular weight is 515 g/mol. The fourth-order valence-electron chi connectivity index (χ4n) is 3.48. The fourth-order valence-corrected chi connectivity index (χ4v) is 3.48. The molecule has 0 spiro atoms. The summed E-state index contributed by atoms with van der Waals surface area (Å²) in [6.07, 6.45) is 3.80. The van der Waals surface area contributed by atoms with E-state index in [4.69, 9.17) is 18.3 Å². The van der Waals surface area contributed by atoms with E-state index in [-0.39, 0.29) is 36.8 Å². The first-order valence-electron chi connectivity index (χ1n) is 12.4. The lowest BCUT2D eigenvalue weighted by atomic mass is 10.0. The van der Waals surface area contributed by atoms with Gasteiger partial charge in [-0.1, -0.05) is 26.0 Å². The molecule has 0 saturated heterocycles. The van der Waals surface area contributed by atoms with E-state index in [1.54, 1.807) is 12.1 Å². The van der Waals surface area contributed by atoms with Crippen molar-refractivity contribution in [1.82, 2.24) is 16.0 Å². The molecule has 202 valence electrons. The normalized spacial score (nSPS) is 12.2. The Labute approximate surface area is 219 Å². The van der Waals surface area contributed by atoms with Gasteiger partial charge in [0, 0.05) is 37.7 Å². The number of rotatable bonds is 18. The maximum atomic E-state index is 13.1. The van der Waals surface area contributed by atoms with Gasteiger partial charge in [-0.2, -0.15) is 0 Å². The van der Waals surface area contributed by atoms with Gasteiger partial charge in [-0.15, -0.1) is 0 Å². The van der Waals surface area contributed by atoms with Gasteiger partial charge in [0.15, 0.2) is 0 Å². The molecule has 0 aliphatic carbocycles. The maximum absolute atomic E-state index is 13.1. The van der Waals surface area contributed by atoms with Crippen LogP contribution in [-0.2, 0) is 25.7 Å². The lowest BCUT2D eigenvalue weighted by molar-refractivity contribution is -0.130. The molecule has 1 aromatic rings. The molecule has 2 radical (unpaired) electrons. The van der Waals surface area contributed by atoms with Crippen LogP contribution in [0.2, 0.25) is 0 Å². The molecule has 37 heavy (non-hydrogen) atoms. The number of ether oxygens (including phenoxy) is 1. The van der Waals surface area contributed by atoms with Gasteiger partial charge in [-0.25, -0.2) is 4.79 Å². The molecule has 0 aromatic heterocycles. The zero-order valence-corrected chi connectivity index (χ0v) is 21.6. The van der Waals surface area contributed by atoms with Crippen molar-refractivity contribution in [1.29, 1.82) is 0 Å². The van der Waals surface area contributed by atoms with E-state index in [0.717, 1.165) is 17.5 Å². The van der Waals surface area contributed by atoms with E-state index in [1.165, 1.54) is 0 Å². The molecule has 0 fully saturated rings. The lowest BCUT2D eigenvalue weighted by Gasteiger charge is -2.26. The van der Waals surface area contributed by atoms with Gasteiger partial charge in [-0.05, 0) is 49.3 Å². The largest absolute Gasteiger partial charge is 0.470 e. The molecule has 11 nitrogen and oxygen atoms in total. The third-order valence-corrected chi connectivity index (χ3v) is 5.50. The van der Waals surface area contributed by atoms with E-state index < -0.39 is 17.9 Å². The lowest BCUT2D eigenvalue weighted by Crippen LogP contribution is -2.53. The minimum atomic E-state index is -0.847. The van der Waals surface area contributed by atoms with Crippen molar-refractivity contribution in [2.24, 2.45) is 11.7 Å². The Balaban J connectivity index is 2.75. The number of anilines is 1. The van der Waals surface area contributed by atoms with Crippen molar-refractivity contribution >= 4 is 43.5 Å². The van der Waals surface area contributed by atoms with Crippen LogP contribution in [0.4, 0.5) is 15.3 Å². The van der Waals surface area contributed by atoms with Gasteiger partial charge in [0.1, 0.15) is 18.9 Å². The highest BCUT2D eigenvalue weighted by Gasteiger charge is 2.26. The van der Waals surface area contributed by atoms with Crippen molar-refractivity contribution in [3.05, 3.63) is 29.8 Å². The highest BCUT2D eigenvalue weighted by molar-refractivity contribution is 6.55. The Morgan fingerprint density at radius 1 is 1.05 bits per heavy atom. The van der Waals surface area contributed by atoms with Crippen LogP contribution in [0.15, 0.2) is 24.3 Å². The molecule has 6 N–H and O–H groups in total. The molecule has 1 aromatic carbocycles. The predicted molar refractivity (Wildman–Crippen MR) is 141 cm³/mol. The number of amides is 4. The van der Waals surface area contributed by atoms with Gasteiger partial charge in [0.25, 0.3) is 0 Å². The second kappa shape index (κ2) is 17.8.